The smallest absolute Gasteiger partial charge is 0.338 e. The lowest BCUT2D eigenvalue weighted by atomic mass is 10.0. The van der Waals surface area contributed by atoms with Gasteiger partial charge < -0.3 is 14.2 Å². The Morgan fingerprint density at radius 2 is 1.29 bits per heavy atom. The van der Waals surface area contributed by atoms with Crippen molar-refractivity contribution in [2.45, 2.75) is 33.1 Å². The number of esters is 1. The van der Waals surface area contributed by atoms with Gasteiger partial charge in [-0.25, -0.2) is 4.79 Å². The highest BCUT2D eigenvalue weighted by Gasteiger charge is 2.09. The maximum absolute atomic E-state index is 11.8. The molecule has 0 heterocycles. The number of amides is 2. The first-order valence-electron chi connectivity index (χ1n) is 10.1. The number of nitrogens with one attached hydrogen (secondary N) is 2. The van der Waals surface area contributed by atoms with Gasteiger partial charge in [0.25, 0.3) is 11.8 Å². The van der Waals surface area contributed by atoms with Gasteiger partial charge in [0, 0.05) is 0 Å². The summed E-state index contributed by atoms with van der Waals surface area (Å²) in [6, 6.07) is 13.7. The molecule has 2 rings (SSSR count). The number of rotatable bonds is 10. The first-order valence-corrected chi connectivity index (χ1v) is 10.1. The molecule has 0 aliphatic rings. The molecule has 0 bridgehead atoms. The van der Waals surface area contributed by atoms with Crippen LogP contribution in [0.2, 0.25) is 0 Å². The van der Waals surface area contributed by atoms with Gasteiger partial charge in [-0.05, 0) is 54.3 Å². The molecule has 8 nitrogen and oxygen atoms in total. The fourth-order valence-electron chi connectivity index (χ4n) is 2.42. The number of carbonyl (C=O) groups is 3. The molecule has 8 heteroatoms. The first-order chi connectivity index (χ1) is 14.9. The van der Waals surface area contributed by atoms with Crippen LogP contribution in [0.15, 0.2) is 48.5 Å². The molecule has 0 unspecified atom stereocenters. The highest BCUT2D eigenvalue weighted by Crippen LogP contribution is 2.18. The molecule has 31 heavy (non-hydrogen) atoms. The van der Waals surface area contributed by atoms with E-state index in [9.17, 15) is 14.4 Å². The predicted molar refractivity (Wildman–Crippen MR) is 115 cm³/mol. The number of benzene rings is 2. The quantitative estimate of drug-likeness (QED) is 0.446. The van der Waals surface area contributed by atoms with Crippen LogP contribution >= 0.6 is 0 Å². The lowest BCUT2D eigenvalue weighted by Crippen LogP contribution is -2.45. The average Bonchev–Trinajstić information content (AvgIpc) is 2.79. The molecule has 0 aromatic heterocycles. The van der Waals surface area contributed by atoms with Crippen LogP contribution in [0.25, 0.3) is 0 Å². The Bertz CT molecular complexity index is 863. The number of ether oxygens (including phenoxy) is 3. The molecule has 166 valence electrons. The molecule has 0 fully saturated rings. The summed E-state index contributed by atoms with van der Waals surface area (Å²) in [6.07, 6.45) is 0.746. The molecule has 0 aliphatic heterocycles. The van der Waals surface area contributed by atoms with E-state index in [0.29, 0.717) is 29.6 Å². The second-order valence-corrected chi connectivity index (χ2v) is 7.06. The van der Waals surface area contributed by atoms with E-state index in [-0.39, 0.29) is 13.2 Å². The van der Waals surface area contributed by atoms with Gasteiger partial charge in [-0.3, -0.25) is 20.4 Å². The van der Waals surface area contributed by atoms with E-state index in [1.54, 1.807) is 36.4 Å². The van der Waals surface area contributed by atoms with Crippen LogP contribution in [0.3, 0.4) is 0 Å². The van der Waals surface area contributed by atoms with Crippen molar-refractivity contribution in [2.24, 2.45) is 0 Å². The Balaban J connectivity index is 1.67. The molecule has 0 saturated heterocycles. The zero-order valence-electron chi connectivity index (χ0n) is 18.0. The van der Waals surface area contributed by atoms with Crippen molar-refractivity contribution in [3.05, 3.63) is 59.7 Å². The maximum atomic E-state index is 11.8. The van der Waals surface area contributed by atoms with Crippen molar-refractivity contribution in [1.29, 1.82) is 0 Å². The highest BCUT2D eigenvalue weighted by molar-refractivity contribution is 5.89. The standard InChI is InChI=1S/C23H28N2O6/c1-4-13-29-23(28)18-7-11-20(12-8-18)31-15-22(27)25-24-21(26)14-30-19-9-5-17(6-10-19)16(2)3/h5-12,16H,4,13-15H2,1-3H3,(H,24,26)(H,25,27). The molecule has 0 saturated carbocycles. The molecule has 0 atom stereocenters. The van der Waals surface area contributed by atoms with Crippen LogP contribution in [0.4, 0.5) is 0 Å². The van der Waals surface area contributed by atoms with Crippen molar-refractivity contribution in [3.8, 4) is 11.5 Å². The van der Waals surface area contributed by atoms with Crippen LogP contribution in [0, 0.1) is 0 Å². The molecular weight excluding hydrogens is 400 g/mol. The summed E-state index contributed by atoms with van der Waals surface area (Å²) in [4.78, 5) is 35.4. The maximum Gasteiger partial charge on any atom is 0.338 e. The number of hydrogen-bond acceptors (Lipinski definition) is 6. The molecule has 2 amide bonds. The third-order valence-corrected chi connectivity index (χ3v) is 4.16. The number of hydrogen-bond donors (Lipinski definition) is 2. The van der Waals surface area contributed by atoms with E-state index in [4.69, 9.17) is 14.2 Å². The molecule has 2 aromatic rings. The van der Waals surface area contributed by atoms with Gasteiger partial charge in [0.2, 0.25) is 0 Å². The fraction of sp³-hybridized carbons (Fsp3) is 0.348. The van der Waals surface area contributed by atoms with E-state index in [1.807, 2.05) is 19.1 Å². The van der Waals surface area contributed by atoms with Crippen LogP contribution in [-0.2, 0) is 14.3 Å². The molecular formula is C23H28N2O6. The number of hydrazine groups is 1. The number of carbonyl (C=O) groups excluding carboxylic acids is 3. The minimum absolute atomic E-state index is 0.238. The van der Waals surface area contributed by atoms with Crippen LogP contribution < -0.4 is 20.3 Å². The fourth-order valence-corrected chi connectivity index (χ4v) is 2.42. The van der Waals surface area contributed by atoms with Crippen molar-refractivity contribution >= 4 is 17.8 Å². The minimum Gasteiger partial charge on any atom is -0.484 e. The van der Waals surface area contributed by atoms with Crippen molar-refractivity contribution in [3.63, 3.8) is 0 Å². The first kappa shape index (κ1) is 23.7. The minimum atomic E-state index is -0.541. The van der Waals surface area contributed by atoms with Crippen molar-refractivity contribution < 1.29 is 28.6 Å². The second-order valence-electron chi connectivity index (χ2n) is 7.06. The van der Waals surface area contributed by atoms with Gasteiger partial charge in [0.05, 0.1) is 12.2 Å². The molecule has 0 spiro atoms. The third-order valence-electron chi connectivity index (χ3n) is 4.16. The van der Waals surface area contributed by atoms with Gasteiger partial charge in [-0.1, -0.05) is 32.9 Å². The van der Waals surface area contributed by atoms with E-state index in [2.05, 4.69) is 24.7 Å². The van der Waals surface area contributed by atoms with Gasteiger partial charge in [0.15, 0.2) is 13.2 Å². The van der Waals surface area contributed by atoms with Gasteiger partial charge in [-0.2, -0.15) is 0 Å². The highest BCUT2D eigenvalue weighted by atomic mass is 16.5. The lowest BCUT2D eigenvalue weighted by Gasteiger charge is -2.11. The summed E-state index contributed by atoms with van der Waals surface area (Å²) in [5.74, 6) is -0.0720. The summed E-state index contributed by atoms with van der Waals surface area (Å²) in [6.45, 7) is 5.91. The molecule has 0 aliphatic carbocycles. The van der Waals surface area contributed by atoms with Gasteiger partial charge in [-0.15, -0.1) is 0 Å². The average molecular weight is 428 g/mol. The van der Waals surface area contributed by atoms with E-state index in [0.717, 1.165) is 6.42 Å². The van der Waals surface area contributed by atoms with Crippen molar-refractivity contribution in [2.75, 3.05) is 19.8 Å². The largest absolute Gasteiger partial charge is 0.484 e. The van der Waals surface area contributed by atoms with Crippen molar-refractivity contribution in [1.82, 2.24) is 10.9 Å². The van der Waals surface area contributed by atoms with Gasteiger partial charge >= 0.3 is 5.97 Å². The summed E-state index contributed by atoms with van der Waals surface area (Å²) in [5, 5.41) is 0. The Hall–Kier alpha value is -3.55. The van der Waals surface area contributed by atoms with Crippen LogP contribution in [-0.4, -0.2) is 37.6 Å². The summed E-state index contributed by atoms with van der Waals surface area (Å²) in [5.41, 5.74) is 6.08. The van der Waals surface area contributed by atoms with Gasteiger partial charge in [0.1, 0.15) is 11.5 Å². The molecule has 2 aromatic carbocycles. The zero-order valence-corrected chi connectivity index (χ0v) is 18.0. The Labute approximate surface area is 181 Å². The predicted octanol–water partition coefficient (Wildman–Crippen LogP) is 2.98. The monoisotopic (exact) mass is 428 g/mol. The Kier molecular flexibility index (Phi) is 9.35. The van der Waals surface area contributed by atoms with E-state index >= 15 is 0 Å². The third kappa shape index (κ3) is 8.38. The van der Waals surface area contributed by atoms with Crippen LogP contribution in [0.1, 0.15) is 49.0 Å². The second kappa shape index (κ2) is 12.2. The summed E-state index contributed by atoms with van der Waals surface area (Å²) >= 11 is 0. The Morgan fingerprint density at radius 3 is 1.74 bits per heavy atom. The van der Waals surface area contributed by atoms with E-state index < -0.39 is 17.8 Å². The zero-order chi connectivity index (χ0) is 22.6. The lowest BCUT2D eigenvalue weighted by molar-refractivity contribution is -0.131. The summed E-state index contributed by atoms with van der Waals surface area (Å²) < 4.78 is 15.8. The summed E-state index contributed by atoms with van der Waals surface area (Å²) in [7, 11) is 0. The molecule has 0 radical (unpaired) electrons. The topological polar surface area (TPSA) is 103 Å². The Morgan fingerprint density at radius 1 is 0.806 bits per heavy atom. The normalized spacial score (nSPS) is 10.3. The molecule has 2 N–H and O–H groups in total. The van der Waals surface area contributed by atoms with Crippen LogP contribution in [0.5, 0.6) is 11.5 Å². The SMILES string of the molecule is CCCOC(=O)c1ccc(OCC(=O)NNC(=O)COc2ccc(C(C)C)cc2)cc1. The van der Waals surface area contributed by atoms with E-state index in [1.165, 1.54) is 5.56 Å².